The van der Waals surface area contributed by atoms with E-state index in [-0.39, 0.29) is 5.91 Å². The Kier molecular flexibility index (Phi) is 4.42. The summed E-state index contributed by atoms with van der Waals surface area (Å²) in [6.45, 7) is 3.65. The Morgan fingerprint density at radius 2 is 2.00 bits per heavy atom. The van der Waals surface area contributed by atoms with Gasteiger partial charge in [0.15, 0.2) is 0 Å². The van der Waals surface area contributed by atoms with Gasteiger partial charge in [-0.2, -0.15) is 5.10 Å². The first-order valence-electron chi connectivity index (χ1n) is 6.66. The van der Waals surface area contributed by atoms with Gasteiger partial charge in [0.2, 0.25) is 0 Å². The molecule has 1 N–H and O–H groups in total. The van der Waals surface area contributed by atoms with Gasteiger partial charge in [-0.25, -0.2) is 5.43 Å². The zero-order chi connectivity index (χ0) is 15.4. The van der Waals surface area contributed by atoms with Crippen LogP contribution in [0.5, 0.6) is 0 Å². The lowest BCUT2D eigenvalue weighted by atomic mass is 10.2. The van der Waals surface area contributed by atoms with Gasteiger partial charge in [0.05, 0.1) is 0 Å². The fourth-order valence-electron chi connectivity index (χ4n) is 1.81. The smallest absolute Gasteiger partial charge is 0.271 e. The Morgan fingerprint density at radius 3 is 2.62 bits per heavy atom. The molecular formula is C16H19N3O2. The van der Waals surface area contributed by atoms with Crippen molar-refractivity contribution in [3.63, 3.8) is 0 Å². The number of benzene rings is 1. The second kappa shape index (κ2) is 6.26. The van der Waals surface area contributed by atoms with Gasteiger partial charge in [-0.15, -0.1) is 0 Å². The van der Waals surface area contributed by atoms with Gasteiger partial charge >= 0.3 is 0 Å². The van der Waals surface area contributed by atoms with E-state index in [1.54, 1.807) is 13.0 Å². The van der Waals surface area contributed by atoms with Crippen molar-refractivity contribution in [3.8, 4) is 0 Å². The van der Waals surface area contributed by atoms with Crippen molar-refractivity contribution in [2.24, 2.45) is 5.10 Å². The number of carbonyl (C=O) groups is 1. The Labute approximate surface area is 124 Å². The van der Waals surface area contributed by atoms with E-state index in [2.05, 4.69) is 10.5 Å². The Bertz CT molecular complexity index is 672. The molecule has 5 heteroatoms. The molecule has 0 unspecified atom stereocenters. The molecule has 2 aromatic rings. The number of hydrazone groups is 1. The minimum absolute atomic E-state index is 0.249. The maximum Gasteiger partial charge on any atom is 0.271 e. The number of nitrogens with one attached hydrogen (secondary N) is 1. The molecule has 1 amide bonds. The van der Waals surface area contributed by atoms with Crippen LogP contribution in [0.4, 0.5) is 5.69 Å². The molecule has 0 bridgehead atoms. The van der Waals surface area contributed by atoms with Gasteiger partial charge in [0, 0.05) is 25.3 Å². The number of rotatable bonds is 4. The highest BCUT2D eigenvalue weighted by atomic mass is 16.3. The summed E-state index contributed by atoms with van der Waals surface area (Å²) in [5.41, 5.74) is 4.69. The molecule has 0 atom stereocenters. The van der Waals surface area contributed by atoms with Crippen molar-refractivity contribution < 1.29 is 9.21 Å². The standard InChI is InChI=1S/C16H19N3O2/c1-11-8-9-15(21-11)12(2)17-18-16(20)13-6-5-7-14(10-13)19(3)4/h5-10H,1-4H3,(H,18,20)/b17-12+. The zero-order valence-corrected chi connectivity index (χ0v) is 12.7. The molecule has 0 radical (unpaired) electrons. The summed E-state index contributed by atoms with van der Waals surface area (Å²) in [5, 5.41) is 4.07. The molecule has 21 heavy (non-hydrogen) atoms. The van der Waals surface area contributed by atoms with E-state index in [4.69, 9.17) is 4.42 Å². The van der Waals surface area contributed by atoms with Crippen molar-refractivity contribution in [1.82, 2.24) is 5.43 Å². The number of anilines is 1. The summed E-state index contributed by atoms with van der Waals surface area (Å²) in [6.07, 6.45) is 0. The number of hydrogen-bond donors (Lipinski definition) is 1. The summed E-state index contributed by atoms with van der Waals surface area (Å²) in [4.78, 5) is 14.0. The molecule has 2 rings (SSSR count). The molecule has 0 aliphatic heterocycles. The van der Waals surface area contributed by atoms with Crippen molar-refractivity contribution in [3.05, 3.63) is 53.5 Å². The monoisotopic (exact) mass is 285 g/mol. The average Bonchev–Trinajstić information content (AvgIpc) is 2.91. The quantitative estimate of drug-likeness (QED) is 0.694. The van der Waals surface area contributed by atoms with Gasteiger partial charge < -0.3 is 9.32 Å². The second-order valence-corrected chi connectivity index (χ2v) is 4.99. The highest BCUT2D eigenvalue weighted by Crippen LogP contribution is 2.13. The maximum atomic E-state index is 12.1. The molecule has 0 aliphatic rings. The molecular weight excluding hydrogens is 266 g/mol. The number of amides is 1. The van der Waals surface area contributed by atoms with Crippen molar-refractivity contribution in [2.45, 2.75) is 13.8 Å². The van der Waals surface area contributed by atoms with Crippen LogP contribution in [0.15, 0.2) is 45.9 Å². The summed E-state index contributed by atoms with van der Waals surface area (Å²) < 4.78 is 5.45. The third-order valence-electron chi connectivity index (χ3n) is 3.05. The Morgan fingerprint density at radius 1 is 1.24 bits per heavy atom. The number of furan rings is 1. The van der Waals surface area contributed by atoms with Crippen LogP contribution < -0.4 is 10.3 Å². The number of aryl methyl sites for hydroxylation is 1. The number of carbonyl (C=O) groups excluding carboxylic acids is 1. The first-order chi connectivity index (χ1) is 9.97. The fraction of sp³-hybridized carbons (Fsp3) is 0.250. The van der Waals surface area contributed by atoms with Crippen LogP contribution in [0.1, 0.15) is 28.8 Å². The SMILES string of the molecule is C/C(=N\NC(=O)c1cccc(N(C)C)c1)c1ccc(C)o1. The zero-order valence-electron chi connectivity index (χ0n) is 12.7. The van der Waals surface area contributed by atoms with Crippen molar-refractivity contribution in [2.75, 3.05) is 19.0 Å². The van der Waals surface area contributed by atoms with E-state index >= 15 is 0 Å². The highest BCUT2D eigenvalue weighted by molar-refractivity contribution is 5.99. The van der Waals surface area contributed by atoms with Crippen LogP contribution in [-0.2, 0) is 0 Å². The van der Waals surface area contributed by atoms with Gasteiger partial charge in [-0.3, -0.25) is 4.79 Å². The third kappa shape index (κ3) is 3.72. The summed E-state index contributed by atoms with van der Waals surface area (Å²) in [7, 11) is 3.86. The minimum Gasteiger partial charge on any atom is -0.460 e. The number of hydrogen-bond acceptors (Lipinski definition) is 4. The largest absolute Gasteiger partial charge is 0.460 e. The highest BCUT2D eigenvalue weighted by Gasteiger charge is 2.07. The van der Waals surface area contributed by atoms with E-state index in [0.29, 0.717) is 17.0 Å². The molecule has 1 aromatic heterocycles. The van der Waals surface area contributed by atoms with Crippen LogP contribution in [0, 0.1) is 6.92 Å². The van der Waals surface area contributed by atoms with Gasteiger partial charge in [-0.1, -0.05) is 6.07 Å². The Balaban J connectivity index is 2.09. The molecule has 0 aliphatic carbocycles. The molecule has 1 aromatic carbocycles. The van der Waals surface area contributed by atoms with Crippen LogP contribution in [0.25, 0.3) is 0 Å². The second-order valence-electron chi connectivity index (χ2n) is 4.99. The van der Waals surface area contributed by atoms with E-state index in [1.807, 2.05) is 56.3 Å². The lowest BCUT2D eigenvalue weighted by molar-refractivity contribution is 0.0955. The molecule has 5 nitrogen and oxygen atoms in total. The van der Waals surface area contributed by atoms with Gasteiger partial charge in [0.25, 0.3) is 5.91 Å². The van der Waals surface area contributed by atoms with E-state index in [0.717, 1.165) is 11.4 Å². The molecule has 0 saturated heterocycles. The first-order valence-corrected chi connectivity index (χ1v) is 6.66. The molecule has 110 valence electrons. The summed E-state index contributed by atoms with van der Waals surface area (Å²) in [6, 6.07) is 11.0. The fourth-order valence-corrected chi connectivity index (χ4v) is 1.81. The molecule has 0 saturated carbocycles. The molecule has 0 fully saturated rings. The van der Waals surface area contributed by atoms with Crippen LogP contribution >= 0.6 is 0 Å². The predicted octanol–water partition coefficient (Wildman–Crippen LogP) is 2.81. The maximum absolute atomic E-state index is 12.1. The van der Waals surface area contributed by atoms with Crippen LogP contribution in [0.3, 0.4) is 0 Å². The van der Waals surface area contributed by atoms with E-state index in [9.17, 15) is 4.79 Å². The topological polar surface area (TPSA) is 57.8 Å². The molecule has 0 spiro atoms. The third-order valence-corrected chi connectivity index (χ3v) is 3.05. The molecule has 1 heterocycles. The van der Waals surface area contributed by atoms with Gasteiger partial charge in [0.1, 0.15) is 17.2 Å². The first kappa shape index (κ1) is 14.8. The summed E-state index contributed by atoms with van der Waals surface area (Å²) >= 11 is 0. The number of nitrogens with zero attached hydrogens (tertiary/aromatic N) is 2. The van der Waals surface area contributed by atoms with Crippen molar-refractivity contribution in [1.29, 1.82) is 0 Å². The van der Waals surface area contributed by atoms with E-state index < -0.39 is 0 Å². The van der Waals surface area contributed by atoms with E-state index in [1.165, 1.54) is 0 Å². The van der Waals surface area contributed by atoms with Crippen LogP contribution in [-0.4, -0.2) is 25.7 Å². The minimum atomic E-state index is -0.249. The van der Waals surface area contributed by atoms with Crippen LogP contribution in [0.2, 0.25) is 0 Å². The van der Waals surface area contributed by atoms with Gasteiger partial charge in [-0.05, 0) is 44.2 Å². The summed E-state index contributed by atoms with van der Waals surface area (Å²) in [5.74, 6) is 1.21. The lowest BCUT2D eigenvalue weighted by Crippen LogP contribution is -2.20. The van der Waals surface area contributed by atoms with Crippen molar-refractivity contribution >= 4 is 17.3 Å². The Hall–Kier alpha value is -2.56. The average molecular weight is 285 g/mol. The lowest BCUT2D eigenvalue weighted by Gasteiger charge is -2.12. The normalized spacial score (nSPS) is 11.3. The predicted molar refractivity (Wildman–Crippen MR) is 83.9 cm³/mol.